The largest absolute Gasteiger partial charge is 0.339 e. The molecule has 1 saturated heterocycles. The number of nitrogens with zero attached hydrogens (tertiary/aromatic N) is 3. The molecule has 0 unspecified atom stereocenters. The number of imidazole rings is 1. The number of likely N-dealkylation sites (tertiary alicyclic amines) is 1. The van der Waals surface area contributed by atoms with Crippen molar-refractivity contribution in [3.8, 4) is 0 Å². The van der Waals surface area contributed by atoms with Gasteiger partial charge < -0.3 is 9.47 Å². The highest BCUT2D eigenvalue weighted by atomic mass is 32.2. The van der Waals surface area contributed by atoms with Gasteiger partial charge in [-0.15, -0.1) is 0 Å². The predicted molar refractivity (Wildman–Crippen MR) is 85.6 cm³/mol. The molecule has 116 valence electrons. The zero-order chi connectivity index (χ0) is 15.0. The summed E-state index contributed by atoms with van der Waals surface area (Å²) in [5, 5.41) is 1.11. The van der Waals surface area contributed by atoms with Crippen molar-refractivity contribution >= 4 is 17.7 Å². The van der Waals surface area contributed by atoms with Crippen molar-refractivity contribution < 1.29 is 4.79 Å². The fraction of sp³-hybridized carbons (Fsp3) is 0.750. The maximum Gasteiger partial charge on any atom is 0.236 e. The fourth-order valence-corrected chi connectivity index (χ4v) is 4.21. The van der Waals surface area contributed by atoms with Crippen molar-refractivity contribution in [2.24, 2.45) is 0 Å². The van der Waals surface area contributed by atoms with Crippen molar-refractivity contribution in [2.75, 3.05) is 6.54 Å². The lowest BCUT2D eigenvalue weighted by atomic mass is 10.3. The van der Waals surface area contributed by atoms with E-state index in [1.807, 2.05) is 0 Å². The summed E-state index contributed by atoms with van der Waals surface area (Å²) in [6.45, 7) is 8.36. The first-order valence-corrected chi connectivity index (χ1v) is 9.00. The Labute approximate surface area is 131 Å². The number of carbonyl (C=O) groups is 1. The molecule has 4 nitrogen and oxygen atoms in total. The lowest BCUT2D eigenvalue weighted by molar-refractivity contribution is -0.127. The number of aryl methyl sites for hydroxylation is 1. The number of amides is 1. The van der Waals surface area contributed by atoms with Gasteiger partial charge in [-0.1, -0.05) is 25.1 Å². The Kier molecular flexibility index (Phi) is 4.29. The molecule has 21 heavy (non-hydrogen) atoms. The van der Waals surface area contributed by atoms with Crippen LogP contribution in [0.15, 0.2) is 5.16 Å². The molecule has 0 aromatic carbocycles. The summed E-state index contributed by atoms with van der Waals surface area (Å²) in [5.74, 6) is 0.336. The van der Waals surface area contributed by atoms with E-state index in [9.17, 15) is 4.79 Å². The molecule has 0 radical (unpaired) electrons. The van der Waals surface area contributed by atoms with Crippen LogP contribution in [-0.4, -0.2) is 38.2 Å². The third-order valence-electron chi connectivity index (χ3n) is 4.58. The number of unbranched alkanes of at least 4 members (excludes halogenated alkanes) is 1. The lowest BCUT2D eigenvalue weighted by Crippen LogP contribution is -2.30. The maximum atomic E-state index is 12.5. The first-order valence-electron chi connectivity index (χ1n) is 8.12. The summed E-state index contributed by atoms with van der Waals surface area (Å²) in [5.41, 5.74) is 2.34. The third-order valence-corrected chi connectivity index (χ3v) is 5.83. The molecule has 0 spiro atoms. The van der Waals surface area contributed by atoms with Gasteiger partial charge in [-0.05, 0) is 39.5 Å². The highest BCUT2D eigenvalue weighted by Gasteiger charge is 2.41. The van der Waals surface area contributed by atoms with Gasteiger partial charge in [0.05, 0.1) is 10.9 Å². The molecule has 1 saturated carbocycles. The summed E-state index contributed by atoms with van der Waals surface area (Å²) in [7, 11) is 0. The third kappa shape index (κ3) is 2.98. The molecule has 1 aliphatic heterocycles. The minimum Gasteiger partial charge on any atom is -0.339 e. The Hall–Kier alpha value is -0.970. The zero-order valence-electron chi connectivity index (χ0n) is 13.3. The number of carbonyl (C=O) groups excluding carboxylic acids is 1. The monoisotopic (exact) mass is 307 g/mol. The first kappa shape index (κ1) is 14.9. The summed E-state index contributed by atoms with van der Waals surface area (Å²) >= 11 is 1.68. The standard InChI is InChI=1S/C16H25N3OS/c1-4-5-9-18-12(3)11(2)17-16(18)21-14-8-10-19(15(14)20)13-6-7-13/h13-14H,4-10H2,1-3H3/t14-/m0/s1. The van der Waals surface area contributed by atoms with Gasteiger partial charge in [0.2, 0.25) is 5.91 Å². The van der Waals surface area contributed by atoms with E-state index in [4.69, 9.17) is 4.98 Å². The predicted octanol–water partition coefficient (Wildman–Crippen LogP) is 3.16. The average Bonchev–Trinajstić information content (AvgIpc) is 3.19. The number of hydrogen-bond acceptors (Lipinski definition) is 3. The number of hydrogen-bond donors (Lipinski definition) is 0. The average molecular weight is 307 g/mol. The molecular formula is C16H25N3OS. The van der Waals surface area contributed by atoms with E-state index < -0.39 is 0 Å². The van der Waals surface area contributed by atoms with Crippen molar-refractivity contribution in [3.63, 3.8) is 0 Å². The Morgan fingerprint density at radius 3 is 2.71 bits per heavy atom. The van der Waals surface area contributed by atoms with Crippen LogP contribution in [0.2, 0.25) is 0 Å². The number of thioether (sulfide) groups is 1. The van der Waals surface area contributed by atoms with Gasteiger partial charge in [0.1, 0.15) is 0 Å². The lowest BCUT2D eigenvalue weighted by Gasteiger charge is -2.15. The van der Waals surface area contributed by atoms with Crippen LogP contribution in [0.1, 0.15) is 50.4 Å². The van der Waals surface area contributed by atoms with Crippen LogP contribution in [0.25, 0.3) is 0 Å². The second-order valence-corrected chi connectivity index (χ2v) is 7.40. The molecular weight excluding hydrogens is 282 g/mol. The molecule has 1 aromatic rings. The number of rotatable bonds is 6. The second kappa shape index (κ2) is 6.03. The molecule has 2 aliphatic rings. The Morgan fingerprint density at radius 2 is 2.05 bits per heavy atom. The van der Waals surface area contributed by atoms with E-state index in [0.717, 1.165) is 36.8 Å². The molecule has 1 amide bonds. The summed E-state index contributed by atoms with van der Waals surface area (Å²) < 4.78 is 2.30. The van der Waals surface area contributed by atoms with E-state index in [0.29, 0.717) is 11.9 Å². The summed E-state index contributed by atoms with van der Waals surface area (Å²) in [4.78, 5) is 19.3. The molecule has 1 atom stereocenters. The van der Waals surface area contributed by atoms with Gasteiger partial charge in [0, 0.05) is 24.8 Å². The Balaban J connectivity index is 1.72. The van der Waals surface area contributed by atoms with Crippen LogP contribution >= 0.6 is 11.8 Å². The number of aromatic nitrogens is 2. The normalized spacial score (nSPS) is 22.3. The van der Waals surface area contributed by atoms with Crippen molar-refractivity contribution in [1.82, 2.24) is 14.5 Å². The van der Waals surface area contributed by atoms with Gasteiger partial charge in [0.25, 0.3) is 0 Å². The molecule has 0 bridgehead atoms. The smallest absolute Gasteiger partial charge is 0.236 e. The summed E-state index contributed by atoms with van der Waals surface area (Å²) in [6.07, 6.45) is 5.72. The topological polar surface area (TPSA) is 38.1 Å². The van der Waals surface area contributed by atoms with E-state index in [1.54, 1.807) is 11.8 Å². The molecule has 2 fully saturated rings. The van der Waals surface area contributed by atoms with Crippen LogP contribution in [0.3, 0.4) is 0 Å². The van der Waals surface area contributed by atoms with Gasteiger partial charge >= 0.3 is 0 Å². The van der Waals surface area contributed by atoms with E-state index in [-0.39, 0.29) is 5.25 Å². The summed E-state index contributed by atoms with van der Waals surface area (Å²) in [6, 6.07) is 0.548. The van der Waals surface area contributed by atoms with Gasteiger partial charge in [-0.25, -0.2) is 4.98 Å². The van der Waals surface area contributed by atoms with E-state index >= 15 is 0 Å². The van der Waals surface area contributed by atoms with Crippen molar-refractivity contribution in [2.45, 2.75) is 75.9 Å². The quantitative estimate of drug-likeness (QED) is 0.810. The van der Waals surface area contributed by atoms with Crippen molar-refractivity contribution in [3.05, 3.63) is 11.4 Å². The zero-order valence-corrected chi connectivity index (χ0v) is 14.1. The molecule has 5 heteroatoms. The molecule has 0 N–H and O–H groups in total. The van der Waals surface area contributed by atoms with Gasteiger partial charge in [-0.2, -0.15) is 0 Å². The van der Waals surface area contributed by atoms with Crippen LogP contribution in [0, 0.1) is 13.8 Å². The minimum absolute atomic E-state index is 0.0761. The van der Waals surface area contributed by atoms with Crippen LogP contribution in [0.4, 0.5) is 0 Å². The molecule has 1 aromatic heterocycles. The fourth-order valence-electron chi connectivity index (χ4n) is 2.95. The van der Waals surface area contributed by atoms with Gasteiger partial charge in [0.15, 0.2) is 5.16 Å². The van der Waals surface area contributed by atoms with E-state index in [1.165, 1.54) is 25.0 Å². The highest BCUT2D eigenvalue weighted by molar-refractivity contribution is 8.00. The second-order valence-electron chi connectivity index (χ2n) is 6.23. The molecule has 3 rings (SSSR count). The first-order chi connectivity index (χ1) is 10.1. The molecule has 2 heterocycles. The van der Waals surface area contributed by atoms with Crippen molar-refractivity contribution in [1.29, 1.82) is 0 Å². The van der Waals surface area contributed by atoms with Crippen LogP contribution < -0.4 is 0 Å². The van der Waals surface area contributed by atoms with Gasteiger partial charge in [-0.3, -0.25) is 4.79 Å². The minimum atomic E-state index is 0.0761. The Bertz CT molecular complexity index is 536. The van der Waals surface area contributed by atoms with Crippen LogP contribution in [0.5, 0.6) is 0 Å². The maximum absolute atomic E-state index is 12.5. The SMILES string of the molecule is CCCCn1c(S[C@H]2CCN(C3CC3)C2=O)nc(C)c1C. The highest BCUT2D eigenvalue weighted by Crippen LogP contribution is 2.37. The van der Waals surface area contributed by atoms with Crippen LogP contribution in [-0.2, 0) is 11.3 Å². The van der Waals surface area contributed by atoms with E-state index in [2.05, 4.69) is 30.2 Å². The molecule has 1 aliphatic carbocycles. The Morgan fingerprint density at radius 1 is 1.29 bits per heavy atom.